The van der Waals surface area contributed by atoms with Gasteiger partial charge in [0.2, 0.25) is 5.91 Å². The molecule has 0 spiro atoms. The largest absolute Gasteiger partial charge is 0.382 e. The average Bonchev–Trinajstić information content (AvgIpc) is 3.54. The van der Waals surface area contributed by atoms with Crippen LogP contribution in [-0.4, -0.2) is 48.5 Å². The van der Waals surface area contributed by atoms with Gasteiger partial charge in [-0.25, -0.2) is 9.97 Å². The van der Waals surface area contributed by atoms with E-state index in [1.165, 1.54) is 0 Å². The lowest BCUT2D eigenvalue weighted by Crippen LogP contribution is -2.49. The minimum Gasteiger partial charge on any atom is -0.382 e. The third-order valence-electron chi connectivity index (χ3n) is 7.20. The highest BCUT2D eigenvalue weighted by atomic mass is 16.2. The van der Waals surface area contributed by atoms with Crippen molar-refractivity contribution < 1.29 is 4.79 Å². The maximum Gasteiger partial charge on any atom is 0.243 e. The molecule has 0 bridgehead atoms. The lowest BCUT2D eigenvalue weighted by molar-refractivity contribution is -0.143. The lowest BCUT2D eigenvalue weighted by atomic mass is 9.69. The van der Waals surface area contributed by atoms with Crippen LogP contribution in [0, 0.1) is 16.7 Å². The van der Waals surface area contributed by atoms with Gasteiger partial charge in [-0.15, -0.1) is 0 Å². The Morgan fingerprint density at radius 2 is 2.15 bits per heavy atom. The Morgan fingerprint density at radius 3 is 2.88 bits per heavy atom. The normalized spacial score (nSPS) is 19.6. The molecule has 0 unspecified atom stereocenters. The number of imidazole rings is 1. The number of amides is 1. The Balaban J connectivity index is 1.33. The van der Waals surface area contributed by atoms with Crippen LogP contribution in [0.15, 0.2) is 30.5 Å². The van der Waals surface area contributed by atoms with E-state index < -0.39 is 5.41 Å². The predicted molar refractivity (Wildman–Crippen MR) is 124 cm³/mol. The number of nitrogen functional groups attached to an aromatic ring is 1. The van der Waals surface area contributed by atoms with Gasteiger partial charge >= 0.3 is 0 Å². The monoisotopic (exact) mass is 440 g/mol. The highest BCUT2D eigenvalue weighted by Gasteiger charge is 2.49. The van der Waals surface area contributed by atoms with Crippen molar-refractivity contribution in [1.29, 1.82) is 5.26 Å². The van der Waals surface area contributed by atoms with Crippen LogP contribution in [0.4, 0.5) is 5.82 Å². The number of carbonyl (C=O) groups is 1. The number of likely N-dealkylation sites (tertiary alicyclic amines) is 1. The number of aromatic amines is 2. The fourth-order valence-electron chi connectivity index (χ4n) is 5.22. The van der Waals surface area contributed by atoms with E-state index in [0.29, 0.717) is 37.1 Å². The number of carbonyl (C=O) groups excluding carboxylic acids is 1. The Kier molecular flexibility index (Phi) is 4.37. The first kappa shape index (κ1) is 19.7. The van der Waals surface area contributed by atoms with Crippen molar-refractivity contribution in [1.82, 2.24) is 30.0 Å². The van der Waals surface area contributed by atoms with Gasteiger partial charge in [0.1, 0.15) is 16.8 Å². The Labute approximate surface area is 190 Å². The molecule has 3 aromatic heterocycles. The number of nitrogens with zero attached hydrogens (tertiary/aromatic N) is 5. The molecule has 4 heterocycles. The number of nitrogens with two attached hydrogens (primary N) is 1. The molecule has 1 saturated carbocycles. The summed E-state index contributed by atoms with van der Waals surface area (Å²) in [5.74, 6) is 1.15. The summed E-state index contributed by atoms with van der Waals surface area (Å²) in [6.45, 7) is 0.704. The van der Waals surface area contributed by atoms with Crippen molar-refractivity contribution in [2.75, 3.05) is 12.3 Å². The minimum atomic E-state index is -0.812. The van der Waals surface area contributed by atoms with Gasteiger partial charge in [-0.1, -0.05) is 6.07 Å². The van der Waals surface area contributed by atoms with Crippen LogP contribution in [0.2, 0.25) is 0 Å². The molecular weight excluding hydrogens is 416 g/mol. The summed E-state index contributed by atoms with van der Waals surface area (Å²) in [6, 6.07) is 10.2. The number of anilines is 1. The van der Waals surface area contributed by atoms with E-state index in [4.69, 9.17) is 10.7 Å². The van der Waals surface area contributed by atoms with Crippen LogP contribution in [0.1, 0.15) is 37.9 Å². The third kappa shape index (κ3) is 3.05. The molecule has 33 heavy (non-hydrogen) atoms. The molecule has 1 aliphatic carbocycles. The molecule has 2 aliphatic rings. The van der Waals surface area contributed by atoms with E-state index in [0.717, 1.165) is 52.8 Å². The molecule has 1 aromatic carbocycles. The standard InChI is InChI=1S/C24H24N8O/c25-13-24(7-2-8-24)23(33)32-10-1-3-15(32)12-19-29-20-16-5-4-14(17-6-9-27-31-17)11-18(16)28-22(26)21(20)30-19/h4-6,9,11,15H,1-3,7-8,10,12H2,(H2,26,28)(H,27,31)(H,29,30)/t15-/m0/s1. The van der Waals surface area contributed by atoms with E-state index in [1.54, 1.807) is 6.20 Å². The quantitative estimate of drug-likeness (QED) is 0.445. The number of rotatable bonds is 4. The van der Waals surface area contributed by atoms with Crippen molar-refractivity contribution in [3.05, 3.63) is 36.3 Å². The van der Waals surface area contributed by atoms with Crippen LogP contribution in [-0.2, 0) is 11.2 Å². The molecule has 9 nitrogen and oxygen atoms in total. The van der Waals surface area contributed by atoms with Crippen molar-refractivity contribution >= 4 is 33.7 Å². The molecule has 2 fully saturated rings. The van der Waals surface area contributed by atoms with Gasteiger partial charge in [0.25, 0.3) is 0 Å². The second-order valence-corrected chi connectivity index (χ2v) is 9.14. The van der Waals surface area contributed by atoms with Crippen molar-refractivity contribution in [3.8, 4) is 17.3 Å². The SMILES string of the molecule is N#CC1(C(=O)N2CCC[C@H]2Cc2nc3c(N)nc4cc(-c5cc[nH]n5)ccc4c3[nH]2)CCC1. The Morgan fingerprint density at radius 1 is 1.27 bits per heavy atom. The van der Waals surface area contributed by atoms with Gasteiger partial charge in [-0.2, -0.15) is 10.4 Å². The zero-order valence-corrected chi connectivity index (χ0v) is 18.1. The van der Waals surface area contributed by atoms with E-state index in [-0.39, 0.29) is 11.9 Å². The van der Waals surface area contributed by atoms with Crippen LogP contribution >= 0.6 is 0 Å². The molecule has 9 heteroatoms. The summed E-state index contributed by atoms with van der Waals surface area (Å²) < 4.78 is 0. The summed E-state index contributed by atoms with van der Waals surface area (Å²) in [7, 11) is 0. The lowest BCUT2D eigenvalue weighted by Gasteiger charge is -2.38. The number of pyridine rings is 1. The summed E-state index contributed by atoms with van der Waals surface area (Å²) in [6.07, 6.45) is 6.53. The predicted octanol–water partition coefficient (Wildman–Crippen LogP) is 3.31. The zero-order chi connectivity index (χ0) is 22.6. The summed E-state index contributed by atoms with van der Waals surface area (Å²) in [5, 5.41) is 17.6. The second kappa shape index (κ2) is 7.30. The van der Waals surface area contributed by atoms with E-state index in [9.17, 15) is 10.1 Å². The molecule has 6 rings (SSSR count). The number of benzene rings is 1. The van der Waals surface area contributed by atoms with Crippen LogP contribution in [0.3, 0.4) is 0 Å². The number of nitrogens with one attached hydrogen (secondary N) is 2. The Hall–Kier alpha value is -3.93. The Bertz CT molecular complexity index is 1410. The molecular formula is C24H24N8O. The van der Waals surface area contributed by atoms with Crippen molar-refractivity contribution in [3.63, 3.8) is 0 Å². The average molecular weight is 441 g/mol. The molecule has 1 aliphatic heterocycles. The van der Waals surface area contributed by atoms with Gasteiger partial charge in [-0.05, 0) is 50.3 Å². The number of hydrogen-bond acceptors (Lipinski definition) is 6. The first-order chi connectivity index (χ1) is 16.1. The van der Waals surface area contributed by atoms with Gasteiger partial charge in [0.15, 0.2) is 5.82 Å². The molecule has 1 amide bonds. The molecule has 0 radical (unpaired) electrons. The first-order valence-corrected chi connectivity index (χ1v) is 11.4. The second-order valence-electron chi connectivity index (χ2n) is 9.14. The maximum absolute atomic E-state index is 13.1. The summed E-state index contributed by atoms with van der Waals surface area (Å²) in [5.41, 5.74) is 9.53. The molecule has 4 aromatic rings. The van der Waals surface area contributed by atoms with Crippen molar-refractivity contribution in [2.24, 2.45) is 5.41 Å². The fourth-order valence-corrected chi connectivity index (χ4v) is 5.22. The first-order valence-electron chi connectivity index (χ1n) is 11.4. The van der Waals surface area contributed by atoms with Crippen LogP contribution < -0.4 is 5.73 Å². The molecule has 1 saturated heterocycles. The number of hydrogen-bond donors (Lipinski definition) is 3. The molecule has 1 atom stereocenters. The smallest absolute Gasteiger partial charge is 0.243 e. The van der Waals surface area contributed by atoms with E-state index >= 15 is 0 Å². The maximum atomic E-state index is 13.1. The topological polar surface area (TPSA) is 140 Å². The van der Waals surface area contributed by atoms with Gasteiger partial charge in [0, 0.05) is 36.2 Å². The number of nitriles is 1. The number of fused-ring (bicyclic) bond motifs is 3. The van der Waals surface area contributed by atoms with Gasteiger partial charge < -0.3 is 15.6 Å². The number of H-pyrrole nitrogens is 2. The molecule has 4 N–H and O–H groups in total. The third-order valence-corrected chi connectivity index (χ3v) is 7.20. The van der Waals surface area contributed by atoms with Gasteiger partial charge in [0.05, 0.1) is 22.8 Å². The summed E-state index contributed by atoms with van der Waals surface area (Å²) >= 11 is 0. The fraction of sp³-hybridized carbons (Fsp3) is 0.375. The van der Waals surface area contributed by atoms with Crippen LogP contribution in [0.25, 0.3) is 33.2 Å². The summed E-state index contributed by atoms with van der Waals surface area (Å²) in [4.78, 5) is 27.8. The van der Waals surface area contributed by atoms with Gasteiger partial charge in [-0.3, -0.25) is 9.89 Å². The van der Waals surface area contributed by atoms with Crippen molar-refractivity contribution in [2.45, 2.75) is 44.6 Å². The van der Waals surface area contributed by atoms with E-state index in [1.807, 2.05) is 29.2 Å². The zero-order valence-electron chi connectivity index (χ0n) is 18.1. The highest BCUT2D eigenvalue weighted by molar-refractivity contribution is 6.07. The minimum absolute atomic E-state index is 0.00705. The van der Waals surface area contributed by atoms with E-state index in [2.05, 4.69) is 26.2 Å². The highest BCUT2D eigenvalue weighted by Crippen LogP contribution is 2.43. The number of aromatic nitrogens is 5. The molecule has 166 valence electrons. The van der Waals surface area contributed by atoms with Crippen LogP contribution in [0.5, 0.6) is 0 Å².